The van der Waals surface area contributed by atoms with E-state index in [9.17, 15) is 35.1 Å². The number of hydrogen-bond donors (Lipinski definition) is 5. The zero-order valence-corrected chi connectivity index (χ0v) is 13.6. The average molecular weight is 365 g/mol. The lowest BCUT2D eigenvalue weighted by atomic mass is 9.81. The Labute approximate surface area is 146 Å². The van der Waals surface area contributed by atoms with Crippen molar-refractivity contribution in [2.75, 3.05) is 0 Å². The van der Waals surface area contributed by atoms with Gasteiger partial charge in [0.2, 0.25) is 5.78 Å². The van der Waals surface area contributed by atoms with E-state index in [0.717, 1.165) is 12.1 Å². The second kappa shape index (κ2) is 5.73. The summed E-state index contributed by atoms with van der Waals surface area (Å²) in [6, 6.07) is 3.19. The minimum atomic E-state index is -1.38. The first kappa shape index (κ1) is 17.2. The zero-order valence-electron chi connectivity index (χ0n) is 12.8. The van der Waals surface area contributed by atoms with Crippen LogP contribution in [0.4, 0.5) is 0 Å². The van der Waals surface area contributed by atoms with Crippen LogP contribution in [0.15, 0.2) is 18.2 Å². The number of aliphatic hydroxyl groups excluding tert-OH is 2. The summed E-state index contributed by atoms with van der Waals surface area (Å²) in [4.78, 5) is 25.3. The molecule has 0 fully saturated rings. The molecule has 2 aromatic carbocycles. The Balaban J connectivity index is 2.29. The molecule has 0 heterocycles. The van der Waals surface area contributed by atoms with Gasteiger partial charge in [-0.25, -0.2) is 0 Å². The van der Waals surface area contributed by atoms with Crippen molar-refractivity contribution in [1.29, 1.82) is 0 Å². The highest BCUT2D eigenvalue weighted by Crippen LogP contribution is 2.44. The summed E-state index contributed by atoms with van der Waals surface area (Å²) in [5, 5.41) is 48.8. The number of benzene rings is 2. The molecule has 0 amide bonds. The maximum absolute atomic E-state index is 12.7. The van der Waals surface area contributed by atoms with E-state index in [1.54, 1.807) is 0 Å². The summed E-state index contributed by atoms with van der Waals surface area (Å²) < 4.78 is 0. The number of aromatic hydroxyl groups is 3. The van der Waals surface area contributed by atoms with E-state index in [4.69, 9.17) is 11.6 Å². The van der Waals surface area contributed by atoms with Crippen LogP contribution in [0, 0.1) is 0 Å². The van der Waals surface area contributed by atoms with Crippen molar-refractivity contribution in [3.8, 4) is 17.2 Å². The van der Waals surface area contributed by atoms with Crippen LogP contribution in [0.3, 0.4) is 0 Å². The van der Waals surface area contributed by atoms with Gasteiger partial charge in [0, 0.05) is 11.1 Å². The summed E-state index contributed by atoms with van der Waals surface area (Å²) in [5.41, 5.74) is -1.22. The second-order valence-corrected chi connectivity index (χ2v) is 6.17. The lowest BCUT2D eigenvalue weighted by molar-refractivity contribution is 0.0303. The lowest BCUT2D eigenvalue weighted by Crippen LogP contribution is -2.23. The van der Waals surface area contributed by atoms with Crippen LogP contribution in [-0.4, -0.2) is 43.2 Å². The Morgan fingerprint density at radius 3 is 2.08 bits per heavy atom. The van der Waals surface area contributed by atoms with E-state index in [1.807, 2.05) is 0 Å². The van der Waals surface area contributed by atoms with Crippen LogP contribution in [0.5, 0.6) is 17.2 Å². The molecule has 7 nitrogen and oxygen atoms in total. The molecule has 0 spiro atoms. The van der Waals surface area contributed by atoms with Gasteiger partial charge in [0.05, 0.1) is 17.2 Å². The number of carbonyl (C=O) groups excluding carboxylic acids is 2. The maximum Gasteiger partial charge on any atom is 0.202 e. The summed E-state index contributed by atoms with van der Waals surface area (Å²) >= 11 is 5.71. The molecule has 5 N–H and O–H groups in total. The van der Waals surface area contributed by atoms with E-state index in [2.05, 4.69) is 0 Å². The molecular formula is C17H13ClO7. The van der Waals surface area contributed by atoms with Crippen LogP contribution in [0.1, 0.15) is 50.4 Å². The van der Waals surface area contributed by atoms with Crippen LogP contribution in [0.2, 0.25) is 5.02 Å². The normalized spacial score (nSPS) is 15.5. The highest BCUT2D eigenvalue weighted by atomic mass is 35.5. The number of aliphatic hydroxyl groups is 2. The Bertz CT molecular complexity index is 933. The third kappa shape index (κ3) is 2.44. The van der Waals surface area contributed by atoms with E-state index in [1.165, 1.54) is 13.0 Å². The SMILES string of the molecule is C[C@H](O)[C@H](O)c1cc(O)c2c(c1)C(=O)c1cc(O)c(Cl)c(O)c1C2=O. The molecule has 8 heteroatoms. The number of ketones is 2. The predicted molar refractivity (Wildman–Crippen MR) is 86.4 cm³/mol. The number of rotatable bonds is 2. The van der Waals surface area contributed by atoms with Crippen LogP contribution in [0.25, 0.3) is 0 Å². The van der Waals surface area contributed by atoms with Gasteiger partial charge >= 0.3 is 0 Å². The van der Waals surface area contributed by atoms with Gasteiger partial charge in [0.1, 0.15) is 28.4 Å². The lowest BCUT2D eigenvalue weighted by Gasteiger charge is -2.22. The summed E-state index contributed by atoms with van der Waals surface area (Å²) in [6.07, 6.45) is -2.56. The average Bonchev–Trinajstić information content (AvgIpc) is 2.55. The van der Waals surface area contributed by atoms with Gasteiger partial charge in [-0.3, -0.25) is 9.59 Å². The van der Waals surface area contributed by atoms with Crippen LogP contribution < -0.4 is 0 Å². The summed E-state index contributed by atoms with van der Waals surface area (Å²) in [7, 11) is 0. The van der Waals surface area contributed by atoms with Gasteiger partial charge in [-0.15, -0.1) is 0 Å². The molecule has 0 aliphatic heterocycles. The number of phenolic OH excluding ortho intramolecular Hbond substituents is 3. The van der Waals surface area contributed by atoms with E-state index >= 15 is 0 Å². The van der Waals surface area contributed by atoms with Crippen molar-refractivity contribution in [1.82, 2.24) is 0 Å². The second-order valence-electron chi connectivity index (χ2n) is 5.79. The van der Waals surface area contributed by atoms with Crippen molar-refractivity contribution in [2.24, 2.45) is 0 Å². The molecule has 2 atom stereocenters. The molecule has 1 aliphatic rings. The van der Waals surface area contributed by atoms with E-state index < -0.39 is 51.6 Å². The predicted octanol–water partition coefficient (Wildman–Crippen LogP) is 1.65. The highest BCUT2D eigenvalue weighted by molar-refractivity contribution is 6.37. The van der Waals surface area contributed by atoms with Crippen molar-refractivity contribution in [3.05, 3.63) is 51.0 Å². The Kier molecular flexibility index (Phi) is 3.95. The summed E-state index contributed by atoms with van der Waals surface area (Å²) in [6.45, 7) is 1.32. The summed E-state index contributed by atoms with van der Waals surface area (Å²) in [5.74, 6) is -3.51. The van der Waals surface area contributed by atoms with Gasteiger partial charge in [-0.05, 0) is 30.7 Å². The van der Waals surface area contributed by atoms with Gasteiger partial charge in [-0.1, -0.05) is 11.6 Å². The molecule has 1 aliphatic carbocycles. The van der Waals surface area contributed by atoms with E-state index in [0.29, 0.717) is 0 Å². The Morgan fingerprint density at radius 1 is 0.880 bits per heavy atom. The molecule has 0 bridgehead atoms. The first-order chi connectivity index (χ1) is 11.6. The molecule has 0 saturated heterocycles. The Hall–Kier alpha value is -2.61. The number of halogens is 1. The highest BCUT2D eigenvalue weighted by Gasteiger charge is 2.37. The zero-order chi connectivity index (χ0) is 18.6. The molecule has 0 aromatic heterocycles. The molecule has 2 aromatic rings. The largest absolute Gasteiger partial charge is 0.507 e. The van der Waals surface area contributed by atoms with Crippen molar-refractivity contribution >= 4 is 23.2 Å². The standard InChI is InChI=1S/C17H13ClO7/c1-5(19)14(22)6-2-7-11(9(20)3-6)16(24)12-8(15(7)23)4-10(21)13(18)17(12)25/h2-5,14,19-22,25H,1H3/t5-,14-/m0/s1. The number of phenols is 3. The number of fused-ring (bicyclic) bond motifs is 2. The molecule has 0 unspecified atom stereocenters. The number of hydrogen-bond acceptors (Lipinski definition) is 7. The topological polar surface area (TPSA) is 135 Å². The fourth-order valence-electron chi connectivity index (χ4n) is 2.83. The molecular weight excluding hydrogens is 352 g/mol. The molecule has 130 valence electrons. The fraction of sp³-hybridized carbons (Fsp3) is 0.176. The minimum Gasteiger partial charge on any atom is -0.507 e. The smallest absolute Gasteiger partial charge is 0.202 e. The third-order valence-electron chi connectivity index (χ3n) is 4.10. The van der Waals surface area contributed by atoms with Crippen molar-refractivity contribution in [3.63, 3.8) is 0 Å². The first-order valence-electron chi connectivity index (χ1n) is 7.22. The van der Waals surface area contributed by atoms with Gasteiger partial charge in [0.25, 0.3) is 0 Å². The molecule has 0 radical (unpaired) electrons. The first-order valence-corrected chi connectivity index (χ1v) is 7.59. The molecule has 3 rings (SSSR count). The molecule has 0 saturated carbocycles. The van der Waals surface area contributed by atoms with Crippen LogP contribution in [-0.2, 0) is 0 Å². The van der Waals surface area contributed by atoms with Crippen molar-refractivity contribution in [2.45, 2.75) is 19.1 Å². The monoisotopic (exact) mass is 364 g/mol. The van der Waals surface area contributed by atoms with Crippen LogP contribution >= 0.6 is 11.6 Å². The minimum absolute atomic E-state index is 0.0401. The van der Waals surface area contributed by atoms with Gasteiger partial charge in [0.15, 0.2) is 5.78 Å². The quantitative estimate of drug-likeness (QED) is 0.466. The van der Waals surface area contributed by atoms with Crippen molar-refractivity contribution < 1.29 is 35.1 Å². The van der Waals surface area contributed by atoms with Gasteiger partial charge < -0.3 is 25.5 Å². The van der Waals surface area contributed by atoms with E-state index in [-0.39, 0.29) is 22.3 Å². The number of carbonyl (C=O) groups is 2. The fourth-order valence-corrected chi connectivity index (χ4v) is 2.97. The Morgan fingerprint density at radius 2 is 1.48 bits per heavy atom. The van der Waals surface area contributed by atoms with Gasteiger partial charge in [-0.2, -0.15) is 0 Å². The maximum atomic E-state index is 12.7. The molecule has 25 heavy (non-hydrogen) atoms. The third-order valence-corrected chi connectivity index (χ3v) is 4.47.